The lowest BCUT2D eigenvalue weighted by molar-refractivity contribution is -0.132. The molecule has 0 saturated carbocycles. The number of carbonyl (C=O) groups excluding carboxylic acids is 2. The van der Waals surface area contributed by atoms with Crippen molar-refractivity contribution in [1.82, 2.24) is 9.38 Å². The molecular weight excluding hydrogens is 517 g/mol. The number of nitrogens with two attached hydrogens (primary N) is 1. The zero-order valence-corrected chi connectivity index (χ0v) is 20.6. The highest BCUT2D eigenvalue weighted by molar-refractivity contribution is 9.10. The first-order chi connectivity index (χ1) is 15.7. The number of anilines is 1. The number of rotatable bonds is 5. The molecule has 2 heterocycles. The average molecular weight is 541 g/mol. The fourth-order valence-corrected chi connectivity index (χ4v) is 3.84. The summed E-state index contributed by atoms with van der Waals surface area (Å²) in [5, 5.41) is 0. The number of fused-ring (bicyclic) bond motifs is 1. The Morgan fingerprint density at radius 2 is 1.88 bits per heavy atom. The molecule has 0 atom stereocenters. The zero-order chi connectivity index (χ0) is 25.4. The van der Waals surface area contributed by atoms with Gasteiger partial charge in [-0.15, -0.1) is 0 Å². The Hall–Kier alpha value is -3.08. The van der Waals surface area contributed by atoms with Crippen molar-refractivity contribution in [2.24, 2.45) is 5.73 Å². The van der Waals surface area contributed by atoms with Crippen molar-refractivity contribution in [2.75, 3.05) is 11.4 Å². The van der Waals surface area contributed by atoms with Crippen LogP contribution in [0.4, 0.5) is 23.7 Å². The highest BCUT2D eigenvalue weighted by atomic mass is 79.9. The summed E-state index contributed by atoms with van der Waals surface area (Å²) in [6.07, 6.45) is -3.37. The van der Waals surface area contributed by atoms with Gasteiger partial charge in [0.25, 0.3) is 0 Å². The molecule has 3 rings (SSSR count). The summed E-state index contributed by atoms with van der Waals surface area (Å²) in [4.78, 5) is 29.8. The molecule has 2 amide bonds. The van der Waals surface area contributed by atoms with Gasteiger partial charge in [-0.2, -0.15) is 13.2 Å². The number of aromatic nitrogens is 2. The summed E-state index contributed by atoms with van der Waals surface area (Å²) < 4.78 is 46.7. The molecule has 0 unspecified atom stereocenters. The Bertz CT molecular complexity index is 1250. The monoisotopic (exact) mass is 540 g/mol. The number of alkyl halides is 3. The van der Waals surface area contributed by atoms with Gasteiger partial charge in [-0.3, -0.25) is 14.1 Å². The van der Waals surface area contributed by atoms with Gasteiger partial charge in [0, 0.05) is 28.3 Å². The van der Waals surface area contributed by atoms with Gasteiger partial charge < -0.3 is 10.5 Å². The zero-order valence-electron chi connectivity index (χ0n) is 19.0. The smallest absolute Gasteiger partial charge is 0.414 e. The summed E-state index contributed by atoms with van der Waals surface area (Å²) >= 11 is 3.38. The predicted molar refractivity (Wildman–Crippen MR) is 126 cm³/mol. The highest BCUT2D eigenvalue weighted by Gasteiger charge is 2.32. The number of benzene rings is 1. The summed E-state index contributed by atoms with van der Waals surface area (Å²) in [7, 11) is 0. The third-order valence-electron chi connectivity index (χ3n) is 4.86. The molecule has 2 N–H and O–H groups in total. The molecule has 0 fully saturated rings. The molecule has 0 bridgehead atoms. The van der Waals surface area contributed by atoms with E-state index >= 15 is 0 Å². The molecule has 1 aromatic carbocycles. The van der Waals surface area contributed by atoms with Gasteiger partial charge in [-0.1, -0.05) is 6.07 Å². The molecule has 34 heavy (non-hydrogen) atoms. The molecule has 0 saturated heterocycles. The number of hydrogen-bond donors (Lipinski definition) is 1. The van der Waals surface area contributed by atoms with E-state index in [1.165, 1.54) is 6.07 Å². The standard InChI is InChI=1S/C23H24BrF3N4O3/c1-13-9-14(5-6-16(13)19(28)32)18-11-29-20-17(10-15(24)12-31(18)20)30(8-7-23(25,26)27)21(33)34-22(2,3)4/h5-6,9-12H,7-8H2,1-4H3,(H2,28,32). The number of carbonyl (C=O) groups is 2. The number of aryl methyl sites for hydroxylation is 1. The molecule has 7 nitrogen and oxygen atoms in total. The van der Waals surface area contributed by atoms with Crippen LogP contribution in [0.25, 0.3) is 16.9 Å². The van der Waals surface area contributed by atoms with Crippen LogP contribution < -0.4 is 10.6 Å². The van der Waals surface area contributed by atoms with Crippen LogP contribution in [0.15, 0.2) is 41.1 Å². The maximum Gasteiger partial charge on any atom is 0.414 e. The van der Waals surface area contributed by atoms with Gasteiger partial charge in [0.15, 0.2) is 5.65 Å². The quantitative estimate of drug-likeness (QED) is 0.438. The Labute approximate surface area is 202 Å². The number of hydrogen-bond acceptors (Lipinski definition) is 4. The van der Waals surface area contributed by atoms with Crippen LogP contribution >= 0.6 is 15.9 Å². The van der Waals surface area contributed by atoms with Crippen molar-refractivity contribution in [3.05, 3.63) is 52.3 Å². The van der Waals surface area contributed by atoms with Crippen LogP contribution in [0.3, 0.4) is 0 Å². The number of amides is 2. The van der Waals surface area contributed by atoms with Crippen molar-refractivity contribution in [1.29, 1.82) is 0 Å². The van der Waals surface area contributed by atoms with E-state index in [9.17, 15) is 22.8 Å². The fraction of sp³-hybridized carbons (Fsp3) is 0.348. The van der Waals surface area contributed by atoms with Gasteiger partial charge in [0.2, 0.25) is 5.91 Å². The van der Waals surface area contributed by atoms with Crippen LogP contribution in [0.5, 0.6) is 0 Å². The van der Waals surface area contributed by atoms with Crippen molar-refractivity contribution in [2.45, 2.75) is 45.9 Å². The lowest BCUT2D eigenvalue weighted by Crippen LogP contribution is -2.39. The lowest BCUT2D eigenvalue weighted by Gasteiger charge is -2.28. The normalized spacial score (nSPS) is 12.1. The molecule has 11 heteroatoms. The summed E-state index contributed by atoms with van der Waals surface area (Å²) in [5.74, 6) is -0.551. The molecule has 182 valence electrons. The van der Waals surface area contributed by atoms with E-state index in [0.29, 0.717) is 26.9 Å². The van der Waals surface area contributed by atoms with Gasteiger partial charge in [0.1, 0.15) is 5.60 Å². The van der Waals surface area contributed by atoms with Crippen molar-refractivity contribution < 1.29 is 27.5 Å². The third kappa shape index (κ3) is 5.88. The van der Waals surface area contributed by atoms with Gasteiger partial charge in [-0.25, -0.2) is 9.78 Å². The molecular formula is C23H24BrF3N4O3. The number of primary amides is 1. The fourth-order valence-electron chi connectivity index (χ4n) is 3.41. The summed E-state index contributed by atoms with van der Waals surface area (Å²) in [6, 6.07) is 6.58. The van der Waals surface area contributed by atoms with Gasteiger partial charge in [-0.05, 0) is 67.4 Å². The molecule has 0 aliphatic carbocycles. The second-order valence-corrected chi connectivity index (χ2v) is 9.69. The Kier molecular flexibility index (Phi) is 6.97. The molecule has 2 aromatic heterocycles. The van der Waals surface area contributed by atoms with E-state index in [1.807, 2.05) is 0 Å². The Morgan fingerprint density at radius 1 is 1.21 bits per heavy atom. The second-order valence-electron chi connectivity index (χ2n) is 8.77. The molecule has 0 spiro atoms. The molecule has 0 aliphatic rings. The number of ether oxygens (including phenoxy) is 1. The SMILES string of the molecule is Cc1cc(-c2cnc3c(N(CCC(F)(F)F)C(=O)OC(C)(C)C)cc(Br)cn23)ccc1C(N)=O. The van der Waals surface area contributed by atoms with E-state index in [-0.39, 0.29) is 11.3 Å². The van der Waals surface area contributed by atoms with Crippen molar-refractivity contribution >= 4 is 39.3 Å². The predicted octanol–water partition coefficient (Wildman–Crippen LogP) is 5.87. The third-order valence-corrected chi connectivity index (χ3v) is 5.30. The first-order valence-electron chi connectivity index (χ1n) is 10.3. The van der Waals surface area contributed by atoms with E-state index < -0.39 is 36.7 Å². The second kappa shape index (κ2) is 9.28. The van der Waals surface area contributed by atoms with Crippen LogP contribution in [-0.2, 0) is 4.74 Å². The minimum absolute atomic E-state index is 0.157. The first-order valence-corrected chi connectivity index (χ1v) is 11.1. The minimum atomic E-state index is -4.47. The molecule has 3 aromatic rings. The summed E-state index contributed by atoms with van der Waals surface area (Å²) in [5.41, 5.74) is 7.26. The average Bonchev–Trinajstić information content (AvgIpc) is 3.09. The van der Waals surface area contributed by atoms with E-state index in [1.54, 1.807) is 62.7 Å². The van der Waals surface area contributed by atoms with Gasteiger partial charge in [0.05, 0.1) is 24.0 Å². The number of imidazole rings is 1. The van der Waals surface area contributed by atoms with E-state index in [0.717, 1.165) is 4.90 Å². The maximum atomic E-state index is 13.0. The highest BCUT2D eigenvalue weighted by Crippen LogP contribution is 2.33. The van der Waals surface area contributed by atoms with Crippen LogP contribution in [0, 0.1) is 6.92 Å². The Balaban J connectivity index is 2.14. The van der Waals surface area contributed by atoms with Crippen LogP contribution in [-0.4, -0.2) is 39.7 Å². The molecule has 0 radical (unpaired) electrons. The minimum Gasteiger partial charge on any atom is -0.443 e. The largest absolute Gasteiger partial charge is 0.443 e. The molecule has 0 aliphatic heterocycles. The van der Waals surface area contributed by atoms with E-state index in [2.05, 4.69) is 20.9 Å². The number of nitrogens with zero attached hydrogens (tertiary/aromatic N) is 3. The van der Waals surface area contributed by atoms with Crippen molar-refractivity contribution in [3.8, 4) is 11.3 Å². The lowest BCUT2D eigenvalue weighted by atomic mass is 10.0. The van der Waals surface area contributed by atoms with Gasteiger partial charge >= 0.3 is 12.3 Å². The van der Waals surface area contributed by atoms with Crippen molar-refractivity contribution in [3.63, 3.8) is 0 Å². The topological polar surface area (TPSA) is 89.9 Å². The number of pyridine rings is 1. The Morgan fingerprint density at radius 3 is 2.44 bits per heavy atom. The maximum absolute atomic E-state index is 13.0. The number of halogens is 4. The van der Waals surface area contributed by atoms with E-state index in [4.69, 9.17) is 10.5 Å². The van der Waals surface area contributed by atoms with Crippen LogP contribution in [0.1, 0.15) is 43.1 Å². The van der Waals surface area contributed by atoms with Crippen LogP contribution in [0.2, 0.25) is 0 Å². The first kappa shape index (κ1) is 25.5. The summed E-state index contributed by atoms with van der Waals surface area (Å²) in [6.45, 7) is 6.01.